The van der Waals surface area contributed by atoms with Crippen molar-refractivity contribution in [2.45, 2.75) is 111 Å². The minimum Gasteiger partial charge on any atom is -0.205 e. The summed E-state index contributed by atoms with van der Waals surface area (Å²) in [5, 5.41) is 0. The molecular formula is C22H40N+. The second-order valence-corrected chi connectivity index (χ2v) is 7.06. The monoisotopic (exact) mass is 318 g/mol. The van der Waals surface area contributed by atoms with Gasteiger partial charge in [-0.2, -0.15) is 0 Å². The van der Waals surface area contributed by atoms with Gasteiger partial charge in [0.2, 0.25) is 0 Å². The normalized spacial score (nSPS) is 11.1. The lowest BCUT2D eigenvalue weighted by atomic mass is 9.98. The second-order valence-electron chi connectivity index (χ2n) is 7.06. The summed E-state index contributed by atoms with van der Waals surface area (Å²) < 4.78 is 2.43. The Morgan fingerprint density at radius 3 is 1.83 bits per heavy atom. The third-order valence-corrected chi connectivity index (χ3v) is 4.82. The Morgan fingerprint density at radius 1 is 0.652 bits per heavy atom. The molecule has 23 heavy (non-hydrogen) atoms. The molecule has 0 fully saturated rings. The van der Waals surface area contributed by atoms with E-state index in [1.54, 1.807) is 11.1 Å². The third-order valence-electron chi connectivity index (χ3n) is 4.82. The molecular weight excluding hydrogens is 278 g/mol. The lowest BCUT2D eigenvalue weighted by molar-refractivity contribution is -0.697. The number of aromatic nitrogens is 1. The average molecular weight is 319 g/mol. The van der Waals surface area contributed by atoms with Crippen LogP contribution in [0.5, 0.6) is 0 Å². The summed E-state index contributed by atoms with van der Waals surface area (Å²) in [6.45, 7) is 8.05. The molecule has 0 unspecified atom stereocenters. The molecule has 0 aliphatic rings. The lowest BCUT2D eigenvalue weighted by Gasteiger charge is -2.09. The Balaban J connectivity index is 2.60. The molecule has 0 atom stereocenters. The minimum atomic E-state index is 1.19. The SMILES string of the molecule is CCCCCCc1cc[n+](CCCCC)cc1CCCCCC. The predicted molar refractivity (Wildman–Crippen MR) is 102 cm³/mol. The molecule has 0 saturated heterocycles. The summed E-state index contributed by atoms with van der Waals surface area (Å²) >= 11 is 0. The maximum atomic E-state index is 2.46. The number of unbranched alkanes of at least 4 members (excludes halogenated alkanes) is 8. The van der Waals surface area contributed by atoms with Crippen LogP contribution in [0.1, 0.15) is 103 Å². The summed E-state index contributed by atoms with van der Waals surface area (Å²) in [6, 6.07) is 2.41. The Hall–Kier alpha value is -0.850. The zero-order valence-electron chi connectivity index (χ0n) is 16.1. The first kappa shape index (κ1) is 20.2. The van der Waals surface area contributed by atoms with Crippen LogP contribution in [0.4, 0.5) is 0 Å². The van der Waals surface area contributed by atoms with Crippen LogP contribution in [-0.2, 0) is 19.4 Å². The molecule has 0 radical (unpaired) electrons. The topological polar surface area (TPSA) is 3.88 Å². The number of aryl methyl sites for hydroxylation is 3. The molecule has 0 bridgehead atoms. The van der Waals surface area contributed by atoms with Gasteiger partial charge in [0.1, 0.15) is 6.54 Å². The van der Waals surface area contributed by atoms with Gasteiger partial charge in [0.15, 0.2) is 12.4 Å². The molecule has 0 spiro atoms. The van der Waals surface area contributed by atoms with Crippen LogP contribution in [-0.4, -0.2) is 0 Å². The van der Waals surface area contributed by atoms with Crippen molar-refractivity contribution in [3.8, 4) is 0 Å². The highest BCUT2D eigenvalue weighted by atomic mass is 14.9. The molecule has 1 nitrogen and oxygen atoms in total. The summed E-state index contributed by atoms with van der Waals surface area (Å²) in [7, 11) is 0. The summed E-state index contributed by atoms with van der Waals surface area (Å²) in [6.07, 6.45) is 22.2. The zero-order chi connectivity index (χ0) is 16.8. The number of nitrogens with zero attached hydrogens (tertiary/aromatic N) is 1. The van der Waals surface area contributed by atoms with Gasteiger partial charge in [-0.3, -0.25) is 0 Å². The number of rotatable bonds is 14. The zero-order valence-corrected chi connectivity index (χ0v) is 16.1. The van der Waals surface area contributed by atoms with Crippen molar-refractivity contribution in [2.75, 3.05) is 0 Å². The van der Waals surface area contributed by atoms with Crippen LogP contribution < -0.4 is 4.57 Å². The van der Waals surface area contributed by atoms with Crippen molar-refractivity contribution in [1.29, 1.82) is 0 Å². The van der Waals surface area contributed by atoms with Gasteiger partial charge >= 0.3 is 0 Å². The van der Waals surface area contributed by atoms with E-state index in [0.29, 0.717) is 0 Å². The van der Waals surface area contributed by atoms with E-state index in [2.05, 4.69) is 43.8 Å². The largest absolute Gasteiger partial charge is 0.205 e. The molecule has 1 heterocycles. The Kier molecular flexibility index (Phi) is 11.9. The third kappa shape index (κ3) is 9.13. The van der Waals surface area contributed by atoms with Gasteiger partial charge in [-0.1, -0.05) is 65.7 Å². The van der Waals surface area contributed by atoms with Crippen molar-refractivity contribution < 1.29 is 4.57 Å². The fraction of sp³-hybridized carbons (Fsp3) is 0.773. The van der Waals surface area contributed by atoms with E-state index in [-0.39, 0.29) is 0 Å². The Labute approximate surface area is 145 Å². The molecule has 0 aliphatic carbocycles. The van der Waals surface area contributed by atoms with E-state index < -0.39 is 0 Å². The highest BCUT2D eigenvalue weighted by Gasteiger charge is 2.09. The molecule has 1 rings (SSSR count). The highest BCUT2D eigenvalue weighted by molar-refractivity contribution is 5.21. The molecule has 0 amide bonds. The lowest BCUT2D eigenvalue weighted by Crippen LogP contribution is -2.33. The molecule has 0 aliphatic heterocycles. The quantitative estimate of drug-likeness (QED) is 0.275. The second kappa shape index (κ2) is 13.6. The van der Waals surface area contributed by atoms with Gasteiger partial charge in [-0.05, 0) is 37.7 Å². The maximum absolute atomic E-state index is 2.46. The number of hydrogen-bond donors (Lipinski definition) is 0. The van der Waals surface area contributed by atoms with Gasteiger partial charge in [0, 0.05) is 18.1 Å². The van der Waals surface area contributed by atoms with Gasteiger partial charge < -0.3 is 0 Å². The summed E-state index contributed by atoms with van der Waals surface area (Å²) in [4.78, 5) is 0. The fourth-order valence-electron chi connectivity index (χ4n) is 3.26. The van der Waals surface area contributed by atoms with Crippen molar-refractivity contribution >= 4 is 0 Å². The number of pyridine rings is 1. The van der Waals surface area contributed by atoms with Crippen molar-refractivity contribution in [3.05, 3.63) is 29.6 Å². The van der Waals surface area contributed by atoms with E-state index >= 15 is 0 Å². The molecule has 1 aromatic heterocycles. The van der Waals surface area contributed by atoms with E-state index in [9.17, 15) is 0 Å². The molecule has 132 valence electrons. The first-order valence-corrected chi connectivity index (χ1v) is 10.3. The van der Waals surface area contributed by atoms with E-state index in [0.717, 1.165) is 0 Å². The molecule has 0 saturated carbocycles. The smallest absolute Gasteiger partial charge is 0.172 e. The summed E-state index contributed by atoms with van der Waals surface area (Å²) in [5.41, 5.74) is 3.24. The highest BCUT2D eigenvalue weighted by Crippen LogP contribution is 2.15. The maximum Gasteiger partial charge on any atom is 0.172 e. The van der Waals surface area contributed by atoms with Crippen LogP contribution in [0.15, 0.2) is 18.5 Å². The molecule has 1 heteroatoms. The summed E-state index contributed by atoms with van der Waals surface area (Å²) in [5.74, 6) is 0. The van der Waals surface area contributed by atoms with Gasteiger partial charge in [-0.25, -0.2) is 4.57 Å². The molecule has 0 N–H and O–H groups in total. The van der Waals surface area contributed by atoms with E-state index in [1.807, 2.05) is 0 Å². The standard InChI is InChI=1S/C22H40N/c1-4-7-10-12-15-21-17-19-23(18-14-9-6-3)20-22(21)16-13-11-8-5-2/h17,19-20H,4-16,18H2,1-3H3/q+1. The Morgan fingerprint density at radius 2 is 1.22 bits per heavy atom. The average Bonchev–Trinajstić information content (AvgIpc) is 2.57. The number of hydrogen-bond acceptors (Lipinski definition) is 0. The van der Waals surface area contributed by atoms with Gasteiger partial charge in [-0.15, -0.1) is 0 Å². The molecule has 0 aromatic carbocycles. The first-order chi connectivity index (χ1) is 11.3. The Bertz CT molecular complexity index is 397. The van der Waals surface area contributed by atoms with Gasteiger partial charge in [0.25, 0.3) is 0 Å². The van der Waals surface area contributed by atoms with Crippen molar-refractivity contribution in [3.63, 3.8) is 0 Å². The minimum absolute atomic E-state index is 1.19. The van der Waals surface area contributed by atoms with Crippen molar-refractivity contribution in [2.24, 2.45) is 0 Å². The van der Waals surface area contributed by atoms with E-state index in [1.165, 1.54) is 90.0 Å². The molecule has 1 aromatic rings. The van der Waals surface area contributed by atoms with E-state index in [4.69, 9.17) is 0 Å². The van der Waals surface area contributed by atoms with Gasteiger partial charge in [0.05, 0.1) is 0 Å². The first-order valence-electron chi connectivity index (χ1n) is 10.3. The van der Waals surface area contributed by atoms with Crippen LogP contribution in [0.25, 0.3) is 0 Å². The predicted octanol–water partition coefficient (Wildman–Crippen LogP) is 6.41. The van der Waals surface area contributed by atoms with Crippen LogP contribution in [0.3, 0.4) is 0 Å². The van der Waals surface area contributed by atoms with Crippen LogP contribution >= 0.6 is 0 Å². The van der Waals surface area contributed by atoms with Crippen LogP contribution in [0, 0.1) is 0 Å². The fourth-order valence-corrected chi connectivity index (χ4v) is 3.26. The van der Waals surface area contributed by atoms with Crippen LogP contribution in [0.2, 0.25) is 0 Å². The van der Waals surface area contributed by atoms with Crippen molar-refractivity contribution in [1.82, 2.24) is 0 Å².